The van der Waals surface area contributed by atoms with Gasteiger partial charge in [0.1, 0.15) is 0 Å². The van der Waals surface area contributed by atoms with Gasteiger partial charge in [-0.25, -0.2) is 0 Å². The number of pyridine rings is 1. The summed E-state index contributed by atoms with van der Waals surface area (Å²) in [7, 11) is -0.415. The van der Waals surface area contributed by atoms with Crippen molar-refractivity contribution >= 4 is 12.7 Å². The van der Waals surface area contributed by atoms with Gasteiger partial charge < -0.3 is 9.31 Å². The molecule has 116 valence electrons. The topological polar surface area (TPSA) is 49.2 Å². The Morgan fingerprint density at radius 3 is 2.45 bits per heavy atom. The number of hydrogen-bond donors (Lipinski definition) is 0. The van der Waals surface area contributed by atoms with E-state index in [4.69, 9.17) is 9.31 Å². The molecule has 1 aliphatic heterocycles. The summed E-state index contributed by atoms with van der Waals surface area (Å²) in [5, 5.41) is 4.59. The summed E-state index contributed by atoms with van der Waals surface area (Å²) in [6.07, 6.45) is 5.66. The molecule has 1 aliphatic rings. The lowest BCUT2D eigenvalue weighted by atomic mass is 9.85. The lowest BCUT2D eigenvalue weighted by Crippen LogP contribution is -2.41. The van der Waals surface area contributed by atoms with Crippen molar-refractivity contribution in [3.63, 3.8) is 0 Å². The zero-order valence-corrected chi connectivity index (χ0v) is 13.8. The maximum Gasteiger partial charge on any atom is 0.516 e. The second kappa shape index (κ2) is 5.21. The molecule has 6 heteroatoms. The van der Waals surface area contributed by atoms with Crippen LogP contribution < -0.4 is 5.59 Å². The van der Waals surface area contributed by atoms with Crippen molar-refractivity contribution in [1.29, 1.82) is 0 Å². The van der Waals surface area contributed by atoms with Crippen LogP contribution in [0.2, 0.25) is 0 Å². The third-order valence-corrected chi connectivity index (χ3v) is 4.43. The lowest BCUT2D eigenvalue weighted by Gasteiger charge is -2.32. The molecule has 5 nitrogen and oxygen atoms in total. The lowest BCUT2D eigenvalue weighted by molar-refractivity contribution is 0.00578. The molecule has 0 unspecified atom stereocenters. The van der Waals surface area contributed by atoms with Crippen LogP contribution in [0.4, 0.5) is 0 Å². The molecule has 0 bridgehead atoms. The minimum atomic E-state index is -0.415. The Morgan fingerprint density at radius 2 is 1.82 bits per heavy atom. The fourth-order valence-electron chi connectivity index (χ4n) is 2.45. The fourth-order valence-corrected chi connectivity index (χ4v) is 2.45. The van der Waals surface area contributed by atoms with Crippen molar-refractivity contribution in [1.82, 2.24) is 14.8 Å². The van der Waals surface area contributed by atoms with E-state index in [0.29, 0.717) is 6.54 Å². The summed E-state index contributed by atoms with van der Waals surface area (Å²) < 4.78 is 13.9. The van der Waals surface area contributed by atoms with Gasteiger partial charge in [0.25, 0.3) is 0 Å². The highest BCUT2D eigenvalue weighted by molar-refractivity contribution is 6.61. The van der Waals surface area contributed by atoms with E-state index in [0.717, 1.165) is 16.7 Å². The molecule has 22 heavy (non-hydrogen) atoms. The third kappa shape index (κ3) is 2.81. The monoisotopic (exact) mass is 299 g/mol. The Balaban J connectivity index is 1.75. The number of rotatable bonds is 3. The zero-order chi connectivity index (χ0) is 16.0. The van der Waals surface area contributed by atoms with Gasteiger partial charge >= 0.3 is 7.12 Å². The first-order chi connectivity index (χ1) is 10.3. The molecule has 0 atom stereocenters. The SMILES string of the molecule is Cc1cncc(Cn2ccc(B3OC(C)(C)C(C)(C)O3)n2)c1. The van der Waals surface area contributed by atoms with Crippen LogP contribution in [-0.4, -0.2) is 33.1 Å². The van der Waals surface area contributed by atoms with Crippen molar-refractivity contribution in [2.75, 3.05) is 0 Å². The molecule has 0 aliphatic carbocycles. The van der Waals surface area contributed by atoms with Gasteiger partial charge in [0, 0.05) is 18.6 Å². The summed E-state index contributed by atoms with van der Waals surface area (Å²) in [6.45, 7) is 10.9. The Morgan fingerprint density at radius 1 is 1.14 bits per heavy atom. The van der Waals surface area contributed by atoms with Gasteiger partial charge in [-0.05, 0) is 51.8 Å². The van der Waals surface area contributed by atoms with Gasteiger partial charge in [-0.15, -0.1) is 0 Å². The third-order valence-electron chi connectivity index (χ3n) is 4.43. The van der Waals surface area contributed by atoms with E-state index in [9.17, 15) is 0 Å². The Bertz CT molecular complexity index is 666. The summed E-state index contributed by atoms with van der Waals surface area (Å²) >= 11 is 0. The smallest absolute Gasteiger partial charge is 0.398 e. The summed E-state index contributed by atoms with van der Waals surface area (Å²) in [5.74, 6) is 0. The Labute approximate surface area is 131 Å². The summed E-state index contributed by atoms with van der Waals surface area (Å²) in [5.41, 5.74) is 2.39. The van der Waals surface area contributed by atoms with Gasteiger partial charge in [0.15, 0.2) is 0 Å². The first-order valence-electron chi connectivity index (χ1n) is 7.56. The molecule has 2 aromatic heterocycles. The number of aromatic nitrogens is 3. The van der Waals surface area contributed by atoms with Crippen LogP contribution in [0.5, 0.6) is 0 Å². The van der Waals surface area contributed by atoms with E-state index in [1.54, 1.807) is 0 Å². The highest BCUT2D eigenvalue weighted by atomic mass is 16.7. The van der Waals surface area contributed by atoms with Crippen LogP contribution in [0.15, 0.2) is 30.7 Å². The summed E-state index contributed by atoms with van der Waals surface area (Å²) in [6, 6.07) is 4.06. The van der Waals surface area contributed by atoms with E-state index in [-0.39, 0.29) is 11.2 Å². The van der Waals surface area contributed by atoms with E-state index in [2.05, 4.69) is 16.1 Å². The molecule has 0 N–H and O–H groups in total. The van der Waals surface area contributed by atoms with E-state index >= 15 is 0 Å². The van der Waals surface area contributed by atoms with Crippen molar-refractivity contribution in [2.24, 2.45) is 0 Å². The van der Waals surface area contributed by atoms with Crippen LogP contribution in [-0.2, 0) is 15.9 Å². The second-order valence-corrected chi connectivity index (χ2v) is 6.90. The molecule has 0 radical (unpaired) electrons. The highest BCUT2D eigenvalue weighted by Gasteiger charge is 2.52. The van der Waals surface area contributed by atoms with Crippen molar-refractivity contribution in [3.05, 3.63) is 41.9 Å². The predicted molar refractivity (Wildman–Crippen MR) is 86.0 cm³/mol. The molecule has 3 rings (SSSR count). The van der Waals surface area contributed by atoms with Crippen LogP contribution in [0, 0.1) is 6.92 Å². The molecule has 3 heterocycles. The van der Waals surface area contributed by atoms with E-state index < -0.39 is 7.12 Å². The van der Waals surface area contributed by atoms with Crippen molar-refractivity contribution < 1.29 is 9.31 Å². The number of aryl methyl sites for hydroxylation is 1. The minimum absolute atomic E-state index is 0.345. The van der Waals surface area contributed by atoms with Crippen LogP contribution in [0.25, 0.3) is 0 Å². The average Bonchev–Trinajstić information content (AvgIpc) is 2.93. The van der Waals surface area contributed by atoms with Crippen molar-refractivity contribution in [2.45, 2.75) is 52.4 Å². The first kappa shape index (κ1) is 15.2. The van der Waals surface area contributed by atoms with E-state index in [1.165, 1.54) is 0 Å². The Hall–Kier alpha value is -1.66. The van der Waals surface area contributed by atoms with Gasteiger partial charge in [0.05, 0.1) is 23.3 Å². The number of nitrogens with zero attached hydrogens (tertiary/aromatic N) is 3. The van der Waals surface area contributed by atoms with Crippen LogP contribution in [0.3, 0.4) is 0 Å². The molecule has 2 aromatic rings. The van der Waals surface area contributed by atoms with Crippen LogP contribution in [0.1, 0.15) is 38.8 Å². The maximum absolute atomic E-state index is 6.02. The summed E-state index contributed by atoms with van der Waals surface area (Å²) in [4.78, 5) is 4.21. The van der Waals surface area contributed by atoms with Gasteiger partial charge in [-0.3, -0.25) is 9.67 Å². The predicted octanol–water partition coefficient (Wildman–Crippen LogP) is 1.93. The van der Waals surface area contributed by atoms with Gasteiger partial charge in [-0.2, -0.15) is 5.10 Å². The first-order valence-corrected chi connectivity index (χ1v) is 7.56. The highest BCUT2D eigenvalue weighted by Crippen LogP contribution is 2.36. The molecular weight excluding hydrogens is 277 g/mol. The largest absolute Gasteiger partial charge is 0.516 e. The zero-order valence-electron chi connectivity index (χ0n) is 13.8. The molecular formula is C16H22BN3O2. The Kier molecular flexibility index (Phi) is 3.61. The molecule has 0 amide bonds. The van der Waals surface area contributed by atoms with Crippen LogP contribution >= 0.6 is 0 Å². The number of hydrogen-bond acceptors (Lipinski definition) is 4. The normalized spacial score (nSPS) is 19.6. The standard InChI is InChI=1S/C16H22BN3O2/c1-12-8-13(10-18-9-12)11-20-7-6-14(19-20)17-21-15(2,3)16(4,5)22-17/h6-10H,11H2,1-5H3. The molecule has 1 saturated heterocycles. The molecule has 0 saturated carbocycles. The molecule has 0 aromatic carbocycles. The van der Waals surface area contributed by atoms with Gasteiger partial charge in [-0.1, -0.05) is 6.07 Å². The maximum atomic E-state index is 6.02. The quantitative estimate of drug-likeness (QED) is 0.813. The average molecular weight is 299 g/mol. The van der Waals surface area contributed by atoms with Gasteiger partial charge in [0.2, 0.25) is 0 Å². The second-order valence-electron chi connectivity index (χ2n) is 6.90. The van der Waals surface area contributed by atoms with E-state index in [1.807, 2.05) is 64.0 Å². The minimum Gasteiger partial charge on any atom is -0.398 e. The molecule has 1 fully saturated rings. The fraction of sp³-hybridized carbons (Fsp3) is 0.500. The molecule has 0 spiro atoms. The van der Waals surface area contributed by atoms with Crippen molar-refractivity contribution in [3.8, 4) is 0 Å².